The first-order valence-electron chi connectivity index (χ1n) is 8.65. The lowest BCUT2D eigenvalue weighted by Crippen LogP contribution is -2.30. The predicted molar refractivity (Wildman–Crippen MR) is 98.1 cm³/mol. The fraction of sp³-hybridized carbons (Fsp3) is 0.421. The van der Waals surface area contributed by atoms with Gasteiger partial charge in [-0.05, 0) is 56.9 Å². The van der Waals surface area contributed by atoms with Gasteiger partial charge in [0.1, 0.15) is 23.7 Å². The van der Waals surface area contributed by atoms with E-state index < -0.39 is 6.10 Å². The second kappa shape index (κ2) is 7.51. The van der Waals surface area contributed by atoms with Crippen LogP contribution < -0.4 is 15.0 Å². The van der Waals surface area contributed by atoms with Crippen molar-refractivity contribution in [3.8, 4) is 5.75 Å². The Kier molecular flexibility index (Phi) is 5.16. The summed E-state index contributed by atoms with van der Waals surface area (Å²) < 4.78 is 5.75. The number of carbonyl (C=O) groups excluding carboxylic acids is 1. The fourth-order valence-corrected chi connectivity index (χ4v) is 2.81. The summed E-state index contributed by atoms with van der Waals surface area (Å²) in [6.45, 7) is 7.79. The Morgan fingerprint density at radius 1 is 1.16 bits per heavy atom. The maximum Gasteiger partial charge on any atom is 0.266 e. The molecule has 1 aromatic heterocycles. The molecule has 1 aliphatic rings. The molecule has 0 radical (unpaired) electrons. The molecule has 2 heterocycles. The molecule has 6 heteroatoms. The first kappa shape index (κ1) is 17.2. The number of amides is 1. The summed E-state index contributed by atoms with van der Waals surface area (Å²) in [5.41, 5.74) is 2.33. The summed E-state index contributed by atoms with van der Waals surface area (Å²) in [7, 11) is 0. The van der Waals surface area contributed by atoms with Crippen LogP contribution in [0.25, 0.3) is 0 Å². The zero-order valence-corrected chi connectivity index (χ0v) is 15.0. The molecule has 2 aromatic rings. The molecular weight excluding hydrogens is 316 g/mol. The number of aromatic nitrogens is 2. The number of benzene rings is 1. The summed E-state index contributed by atoms with van der Waals surface area (Å²) in [5, 5.41) is 2.81. The molecule has 1 fully saturated rings. The SMILES string of the molecule is Cc1ccc(OC(C)C(=O)Nc2cc(N3CCCC3)ncn2)cc1C. The van der Waals surface area contributed by atoms with Crippen molar-refractivity contribution in [2.75, 3.05) is 23.3 Å². The van der Waals surface area contributed by atoms with E-state index in [9.17, 15) is 4.79 Å². The molecule has 25 heavy (non-hydrogen) atoms. The van der Waals surface area contributed by atoms with E-state index in [0.717, 1.165) is 24.5 Å². The van der Waals surface area contributed by atoms with E-state index in [1.807, 2.05) is 38.1 Å². The molecular formula is C19H24N4O2. The molecule has 3 rings (SSSR count). The van der Waals surface area contributed by atoms with Gasteiger partial charge < -0.3 is 15.0 Å². The van der Waals surface area contributed by atoms with Crippen LogP contribution in [-0.2, 0) is 4.79 Å². The third-order valence-corrected chi connectivity index (χ3v) is 4.49. The summed E-state index contributed by atoms with van der Waals surface area (Å²) in [6, 6.07) is 7.62. The Morgan fingerprint density at radius 3 is 2.64 bits per heavy atom. The van der Waals surface area contributed by atoms with Gasteiger partial charge >= 0.3 is 0 Å². The molecule has 1 N–H and O–H groups in total. The number of nitrogens with zero attached hydrogens (tertiary/aromatic N) is 3. The van der Waals surface area contributed by atoms with Crippen LogP contribution >= 0.6 is 0 Å². The molecule has 6 nitrogen and oxygen atoms in total. The number of carbonyl (C=O) groups is 1. The Labute approximate surface area is 148 Å². The largest absolute Gasteiger partial charge is 0.481 e. The van der Waals surface area contributed by atoms with Gasteiger partial charge in [-0.25, -0.2) is 9.97 Å². The highest BCUT2D eigenvalue weighted by Crippen LogP contribution is 2.20. The number of ether oxygens (including phenoxy) is 1. The van der Waals surface area contributed by atoms with Gasteiger partial charge in [0.2, 0.25) is 0 Å². The van der Waals surface area contributed by atoms with E-state index in [2.05, 4.69) is 20.2 Å². The van der Waals surface area contributed by atoms with Gasteiger partial charge in [0, 0.05) is 19.2 Å². The second-order valence-corrected chi connectivity index (χ2v) is 6.45. The van der Waals surface area contributed by atoms with Gasteiger partial charge in [-0.2, -0.15) is 0 Å². The monoisotopic (exact) mass is 340 g/mol. The van der Waals surface area contributed by atoms with E-state index in [1.165, 1.54) is 24.7 Å². The van der Waals surface area contributed by atoms with Crippen molar-refractivity contribution in [1.82, 2.24) is 9.97 Å². The molecule has 1 atom stereocenters. The Hall–Kier alpha value is -2.63. The van der Waals surface area contributed by atoms with Crippen LogP contribution in [-0.4, -0.2) is 35.1 Å². The summed E-state index contributed by atoms with van der Waals surface area (Å²) in [5.74, 6) is 1.80. The highest BCUT2D eigenvalue weighted by Gasteiger charge is 2.18. The van der Waals surface area contributed by atoms with Crippen molar-refractivity contribution in [2.24, 2.45) is 0 Å². The van der Waals surface area contributed by atoms with E-state index in [-0.39, 0.29) is 5.91 Å². The summed E-state index contributed by atoms with van der Waals surface area (Å²) in [4.78, 5) is 23.0. The number of hydrogen-bond donors (Lipinski definition) is 1. The zero-order chi connectivity index (χ0) is 17.8. The molecule has 1 amide bonds. The summed E-state index contributed by atoms with van der Waals surface area (Å²) >= 11 is 0. The molecule has 1 aliphatic heterocycles. The minimum absolute atomic E-state index is 0.232. The second-order valence-electron chi connectivity index (χ2n) is 6.45. The molecule has 1 saturated heterocycles. The Bertz CT molecular complexity index is 757. The smallest absolute Gasteiger partial charge is 0.266 e. The molecule has 0 saturated carbocycles. The van der Waals surface area contributed by atoms with Crippen molar-refractivity contribution in [3.63, 3.8) is 0 Å². The van der Waals surface area contributed by atoms with Gasteiger partial charge in [0.25, 0.3) is 5.91 Å². The highest BCUT2D eigenvalue weighted by atomic mass is 16.5. The lowest BCUT2D eigenvalue weighted by Gasteiger charge is -2.18. The lowest BCUT2D eigenvalue weighted by molar-refractivity contribution is -0.122. The van der Waals surface area contributed by atoms with Crippen LogP contribution in [0.5, 0.6) is 5.75 Å². The van der Waals surface area contributed by atoms with Crippen LogP contribution in [0.15, 0.2) is 30.6 Å². The van der Waals surface area contributed by atoms with Crippen molar-refractivity contribution >= 4 is 17.5 Å². The first-order chi connectivity index (χ1) is 12.0. The molecule has 0 spiro atoms. The summed E-state index contributed by atoms with van der Waals surface area (Å²) in [6.07, 6.45) is 3.21. The van der Waals surface area contributed by atoms with E-state index in [4.69, 9.17) is 4.74 Å². The van der Waals surface area contributed by atoms with Crippen molar-refractivity contribution in [2.45, 2.75) is 39.7 Å². The van der Waals surface area contributed by atoms with Gasteiger partial charge in [0.15, 0.2) is 6.10 Å². The predicted octanol–water partition coefficient (Wildman–Crippen LogP) is 3.10. The number of rotatable bonds is 5. The van der Waals surface area contributed by atoms with Gasteiger partial charge in [-0.3, -0.25) is 4.79 Å². The van der Waals surface area contributed by atoms with Gasteiger partial charge in [-0.15, -0.1) is 0 Å². The van der Waals surface area contributed by atoms with E-state index in [1.54, 1.807) is 6.92 Å². The van der Waals surface area contributed by atoms with Crippen LogP contribution in [0.1, 0.15) is 30.9 Å². The van der Waals surface area contributed by atoms with Crippen LogP contribution in [0.3, 0.4) is 0 Å². The number of hydrogen-bond acceptors (Lipinski definition) is 5. The molecule has 0 bridgehead atoms. The molecule has 0 aliphatic carbocycles. The Morgan fingerprint density at radius 2 is 1.92 bits per heavy atom. The van der Waals surface area contributed by atoms with Gasteiger partial charge in [-0.1, -0.05) is 6.07 Å². The lowest BCUT2D eigenvalue weighted by atomic mass is 10.1. The normalized spacial score (nSPS) is 15.1. The molecule has 132 valence electrons. The minimum atomic E-state index is -0.618. The van der Waals surface area contributed by atoms with E-state index >= 15 is 0 Å². The first-order valence-corrected chi connectivity index (χ1v) is 8.65. The maximum atomic E-state index is 12.4. The average Bonchev–Trinajstić information content (AvgIpc) is 3.13. The minimum Gasteiger partial charge on any atom is -0.481 e. The van der Waals surface area contributed by atoms with Crippen LogP contribution in [0.4, 0.5) is 11.6 Å². The fourth-order valence-electron chi connectivity index (χ4n) is 2.81. The highest BCUT2D eigenvalue weighted by molar-refractivity contribution is 5.93. The average molecular weight is 340 g/mol. The quantitative estimate of drug-likeness (QED) is 0.906. The van der Waals surface area contributed by atoms with Crippen molar-refractivity contribution in [1.29, 1.82) is 0 Å². The molecule has 1 aromatic carbocycles. The van der Waals surface area contributed by atoms with Crippen molar-refractivity contribution < 1.29 is 9.53 Å². The van der Waals surface area contributed by atoms with Crippen molar-refractivity contribution in [3.05, 3.63) is 41.7 Å². The standard InChI is InChI=1S/C19H24N4O2/c1-13-6-7-16(10-14(13)2)25-15(3)19(24)22-17-11-18(21-12-20-17)23-8-4-5-9-23/h6-7,10-12,15H,4-5,8-9H2,1-3H3,(H,20,21,22,24). The van der Waals surface area contributed by atoms with Crippen LogP contribution in [0.2, 0.25) is 0 Å². The zero-order valence-electron chi connectivity index (χ0n) is 15.0. The number of aryl methyl sites for hydroxylation is 2. The molecule has 1 unspecified atom stereocenters. The number of anilines is 2. The van der Waals surface area contributed by atoms with E-state index in [0.29, 0.717) is 11.6 Å². The maximum absolute atomic E-state index is 12.4. The third kappa shape index (κ3) is 4.26. The topological polar surface area (TPSA) is 67.3 Å². The Balaban J connectivity index is 1.62. The number of nitrogens with one attached hydrogen (secondary N) is 1. The van der Waals surface area contributed by atoms with Crippen LogP contribution in [0, 0.1) is 13.8 Å². The van der Waals surface area contributed by atoms with Gasteiger partial charge in [0.05, 0.1) is 0 Å². The third-order valence-electron chi connectivity index (χ3n) is 4.49.